The Morgan fingerprint density at radius 3 is 2.71 bits per heavy atom. The summed E-state index contributed by atoms with van der Waals surface area (Å²) in [6.07, 6.45) is 2.97. The van der Waals surface area contributed by atoms with Crippen LogP contribution in [-0.2, 0) is 6.54 Å². The molecule has 0 fully saturated rings. The summed E-state index contributed by atoms with van der Waals surface area (Å²) in [4.78, 5) is 13.8. The fourth-order valence-electron chi connectivity index (χ4n) is 1.28. The highest BCUT2D eigenvalue weighted by Gasteiger charge is 2.18. The van der Waals surface area contributed by atoms with E-state index in [9.17, 15) is 10.1 Å². The molecule has 0 bridgehead atoms. The van der Waals surface area contributed by atoms with Crippen molar-refractivity contribution < 1.29 is 4.92 Å². The van der Waals surface area contributed by atoms with Gasteiger partial charge in [0.1, 0.15) is 5.15 Å². The number of hydrogen-bond donors (Lipinski definition) is 0. The first-order valence-corrected chi connectivity index (χ1v) is 5.29. The Hall–Kier alpha value is -1.66. The van der Waals surface area contributed by atoms with Gasteiger partial charge in [-0.2, -0.15) is 4.68 Å². The topological polar surface area (TPSA) is 73.8 Å². The van der Waals surface area contributed by atoms with Gasteiger partial charge in [-0.05, 0) is 16.6 Å². The van der Waals surface area contributed by atoms with E-state index in [4.69, 9.17) is 23.2 Å². The number of nitrogens with zero attached hydrogens (tertiary/aromatic N) is 4. The summed E-state index contributed by atoms with van der Waals surface area (Å²) in [7, 11) is 0. The molecule has 0 unspecified atom stereocenters. The summed E-state index contributed by atoms with van der Waals surface area (Å²) in [5.74, 6) is -0.353. The standard InChI is InChI=1S/C9H6Cl2N4O2/c10-7-5-14(13-9(7)15(16)17)4-6-1-2-8(11)12-3-6/h1-3,5H,4H2. The Morgan fingerprint density at radius 2 is 2.18 bits per heavy atom. The Labute approximate surface area is 106 Å². The average Bonchev–Trinajstić information content (AvgIpc) is 2.63. The van der Waals surface area contributed by atoms with Gasteiger partial charge in [-0.1, -0.05) is 29.3 Å². The molecule has 2 heterocycles. The van der Waals surface area contributed by atoms with E-state index in [-0.39, 0.29) is 10.8 Å². The summed E-state index contributed by atoms with van der Waals surface area (Å²) < 4.78 is 1.38. The summed E-state index contributed by atoms with van der Waals surface area (Å²) in [6, 6.07) is 3.40. The van der Waals surface area contributed by atoms with Crippen molar-refractivity contribution in [2.24, 2.45) is 0 Å². The van der Waals surface area contributed by atoms with E-state index in [1.807, 2.05) is 0 Å². The molecule has 88 valence electrons. The number of rotatable bonds is 3. The van der Waals surface area contributed by atoms with Crippen molar-refractivity contribution in [3.05, 3.63) is 50.4 Å². The summed E-state index contributed by atoms with van der Waals surface area (Å²) in [5.41, 5.74) is 0.823. The second-order valence-corrected chi connectivity index (χ2v) is 4.04. The molecule has 0 atom stereocenters. The molecule has 2 rings (SSSR count). The van der Waals surface area contributed by atoms with Gasteiger partial charge in [-0.25, -0.2) is 4.98 Å². The zero-order valence-electron chi connectivity index (χ0n) is 8.38. The minimum absolute atomic E-state index is 0.0110. The molecule has 0 amide bonds. The van der Waals surface area contributed by atoms with Crippen molar-refractivity contribution in [2.75, 3.05) is 0 Å². The minimum atomic E-state index is -0.626. The quantitative estimate of drug-likeness (QED) is 0.489. The molecular weight excluding hydrogens is 267 g/mol. The number of pyridine rings is 1. The second-order valence-electron chi connectivity index (χ2n) is 3.24. The lowest BCUT2D eigenvalue weighted by molar-refractivity contribution is -0.389. The maximum absolute atomic E-state index is 10.5. The molecule has 0 aliphatic heterocycles. The van der Waals surface area contributed by atoms with Crippen LogP contribution in [0.3, 0.4) is 0 Å². The van der Waals surface area contributed by atoms with E-state index >= 15 is 0 Å². The van der Waals surface area contributed by atoms with Crippen LogP contribution >= 0.6 is 23.2 Å². The fourth-order valence-corrected chi connectivity index (χ4v) is 1.61. The molecule has 2 aromatic heterocycles. The van der Waals surface area contributed by atoms with Crippen LogP contribution in [-0.4, -0.2) is 19.7 Å². The molecule has 8 heteroatoms. The van der Waals surface area contributed by atoms with Crippen molar-refractivity contribution in [1.82, 2.24) is 14.8 Å². The van der Waals surface area contributed by atoms with E-state index in [0.717, 1.165) is 5.56 Å². The van der Waals surface area contributed by atoms with Gasteiger partial charge in [-0.15, -0.1) is 0 Å². The SMILES string of the molecule is O=[N+]([O-])c1nn(Cc2ccc(Cl)nc2)cc1Cl. The van der Waals surface area contributed by atoms with Gasteiger partial charge in [-0.3, -0.25) is 0 Å². The summed E-state index contributed by atoms with van der Waals surface area (Å²) >= 11 is 11.3. The van der Waals surface area contributed by atoms with Gasteiger partial charge in [0.05, 0.1) is 17.8 Å². The third-order valence-electron chi connectivity index (χ3n) is 2.01. The molecular formula is C9H6Cl2N4O2. The normalized spacial score (nSPS) is 10.5. The molecule has 2 aromatic rings. The number of halogens is 2. The molecule has 6 nitrogen and oxygen atoms in total. The van der Waals surface area contributed by atoms with Gasteiger partial charge in [0.2, 0.25) is 0 Å². The Morgan fingerprint density at radius 1 is 1.41 bits per heavy atom. The molecule has 0 aliphatic rings. The van der Waals surface area contributed by atoms with E-state index in [1.165, 1.54) is 10.9 Å². The highest BCUT2D eigenvalue weighted by atomic mass is 35.5. The molecule has 0 saturated carbocycles. The average molecular weight is 273 g/mol. The monoisotopic (exact) mass is 272 g/mol. The highest BCUT2D eigenvalue weighted by Crippen LogP contribution is 2.21. The number of aromatic nitrogens is 3. The zero-order valence-corrected chi connectivity index (χ0v) is 9.89. The van der Waals surface area contributed by atoms with Crippen LogP contribution in [0.15, 0.2) is 24.5 Å². The smallest absolute Gasteiger partial charge is 0.358 e. The van der Waals surface area contributed by atoms with Gasteiger partial charge in [0.15, 0.2) is 5.02 Å². The van der Waals surface area contributed by atoms with Crippen LogP contribution in [0.25, 0.3) is 0 Å². The third kappa shape index (κ3) is 2.72. The van der Waals surface area contributed by atoms with Gasteiger partial charge >= 0.3 is 5.82 Å². The van der Waals surface area contributed by atoms with Crippen LogP contribution in [0.1, 0.15) is 5.56 Å². The lowest BCUT2D eigenvalue weighted by atomic mass is 10.3. The molecule has 17 heavy (non-hydrogen) atoms. The molecule has 0 saturated heterocycles. The largest absolute Gasteiger partial charge is 0.408 e. The lowest BCUT2D eigenvalue weighted by Gasteiger charge is -1.97. The maximum atomic E-state index is 10.5. The molecule has 0 aromatic carbocycles. The van der Waals surface area contributed by atoms with Crippen LogP contribution < -0.4 is 0 Å². The first-order valence-electron chi connectivity index (χ1n) is 4.54. The van der Waals surface area contributed by atoms with Crippen LogP contribution in [0.4, 0.5) is 5.82 Å². The van der Waals surface area contributed by atoms with Crippen molar-refractivity contribution >= 4 is 29.0 Å². The Bertz CT molecular complexity index is 553. The first kappa shape index (κ1) is 11.8. The van der Waals surface area contributed by atoms with Crippen molar-refractivity contribution in [1.29, 1.82) is 0 Å². The van der Waals surface area contributed by atoms with E-state index in [2.05, 4.69) is 10.1 Å². The zero-order chi connectivity index (χ0) is 12.4. The van der Waals surface area contributed by atoms with Crippen LogP contribution in [0.5, 0.6) is 0 Å². The van der Waals surface area contributed by atoms with Gasteiger partial charge in [0, 0.05) is 6.20 Å². The molecule has 0 radical (unpaired) electrons. The second kappa shape index (κ2) is 4.68. The summed E-state index contributed by atoms with van der Waals surface area (Å²) in [6.45, 7) is 0.345. The predicted octanol–water partition coefficient (Wildman–Crippen LogP) is 2.54. The highest BCUT2D eigenvalue weighted by molar-refractivity contribution is 6.32. The molecule has 0 spiro atoms. The Balaban J connectivity index is 2.22. The predicted molar refractivity (Wildman–Crippen MR) is 62.2 cm³/mol. The third-order valence-corrected chi connectivity index (χ3v) is 2.50. The number of nitro groups is 1. The van der Waals surface area contributed by atoms with Crippen LogP contribution in [0, 0.1) is 10.1 Å². The lowest BCUT2D eigenvalue weighted by Crippen LogP contribution is -2.01. The summed E-state index contributed by atoms with van der Waals surface area (Å²) in [5, 5.41) is 14.7. The van der Waals surface area contributed by atoms with Gasteiger partial charge in [0.25, 0.3) is 0 Å². The van der Waals surface area contributed by atoms with E-state index in [0.29, 0.717) is 11.7 Å². The minimum Gasteiger partial charge on any atom is -0.358 e. The maximum Gasteiger partial charge on any atom is 0.408 e. The van der Waals surface area contributed by atoms with E-state index in [1.54, 1.807) is 18.3 Å². The van der Waals surface area contributed by atoms with E-state index < -0.39 is 4.92 Å². The molecule has 0 aliphatic carbocycles. The molecule has 0 N–H and O–H groups in total. The fraction of sp³-hybridized carbons (Fsp3) is 0.111. The van der Waals surface area contributed by atoms with Crippen molar-refractivity contribution in [3.8, 4) is 0 Å². The van der Waals surface area contributed by atoms with Gasteiger partial charge < -0.3 is 10.1 Å². The Kier molecular flexibility index (Phi) is 3.26. The van der Waals surface area contributed by atoms with Crippen molar-refractivity contribution in [3.63, 3.8) is 0 Å². The first-order chi connectivity index (χ1) is 8.06. The number of hydrogen-bond acceptors (Lipinski definition) is 4. The van der Waals surface area contributed by atoms with Crippen LogP contribution in [0.2, 0.25) is 10.2 Å². The van der Waals surface area contributed by atoms with Crippen molar-refractivity contribution in [2.45, 2.75) is 6.54 Å².